The number of rotatable bonds is 4. The highest BCUT2D eigenvalue weighted by Crippen LogP contribution is 2.35. The van der Waals surface area contributed by atoms with Crippen LogP contribution in [0.3, 0.4) is 0 Å². The highest BCUT2D eigenvalue weighted by molar-refractivity contribution is 6.29. The first-order chi connectivity index (χ1) is 9.90. The summed E-state index contributed by atoms with van der Waals surface area (Å²) in [4.78, 5) is 30.0. The molecule has 114 valence electrons. The van der Waals surface area contributed by atoms with Gasteiger partial charge in [0.15, 0.2) is 0 Å². The van der Waals surface area contributed by atoms with Gasteiger partial charge in [0.1, 0.15) is 10.7 Å². The van der Waals surface area contributed by atoms with E-state index >= 15 is 0 Å². The zero-order valence-corrected chi connectivity index (χ0v) is 13.0. The largest absolute Gasteiger partial charge is 0.479 e. The number of hydrogen-bond acceptors (Lipinski definition) is 3. The summed E-state index contributed by atoms with van der Waals surface area (Å²) in [5, 5.41) is 9.88. The zero-order valence-electron chi connectivity index (χ0n) is 12.2. The van der Waals surface area contributed by atoms with E-state index < -0.39 is 11.5 Å². The molecular formula is C15H19ClN2O3. The molecule has 1 aliphatic rings. The molecule has 1 saturated heterocycles. The summed E-state index contributed by atoms with van der Waals surface area (Å²) in [6.45, 7) is 4.15. The lowest BCUT2D eigenvalue weighted by Crippen LogP contribution is -2.53. The van der Waals surface area contributed by atoms with E-state index in [4.69, 9.17) is 11.6 Å². The van der Waals surface area contributed by atoms with E-state index in [1.54, 1.807) is 13.0 Å². The summed E-state index contributed by atoms with van der Waals surface area (Å²) in [6.07, 6.45) is 2.38. The molecule has 1 unspecified atom stereocenters. The second kappa shape index (κ2) is 6.02. The summed E-state index contributed by atoms with van der Waals surface area (Å²) < 4.78 is 0. The van der Waals surface area contributed by atoms with Crippen molar-refractivity contribution >= 4 is 23.5 Å². The summed E-state index contributed by atoms with van der Waals surface area (Å²) in [5.41, 5.74) is -0.0484. The smallest absolute Gasteiger partial charge is 0.329 e. The van der Waals surface area contributed by atoms with Crippen LogP contribution in [0, 0.1) is 6.92 Å². The lowest BCUT2D eigenvalue weighted by molar-refractivity contribution is -0.148. The van der Waals surface area contributed by atoms with Crippen molar-refractivity contribution in [3.8, 4) is 0 Å². The predicted octanol–water partition coefficient (Wildman–Crippen LogP) is 2.90. The minimum atomic E-state index is -1.09. The Morgan fingerprint density at radius 3 is 2.76 bits per heavy atom. The van der Waals surface area contributed by atoms with E-state index in [0.717, 1.165) is 0 Å². The maximum atomic E-state index is 12.7. The Hall–Kier alpha value is -1.62. The van der Waals surface area contributed by atoms with Crippen LogP contribution < -0.4 is 0 Å². The third kappa shape index (κ3) is 2.88. The highest BCUT2D eigenvalue weighted by atomic mass is 35.5. The number of amides is 1. The molecule has 0 radical (unpaired) electrons. The fourth-order valence-electron chi connectivity index (χ4n) is 3.08. The lowest BCUT2D eigenvalue weighted by atomic mass is 9.90. The van der Waals surface area contributed by atoms with Crippen LogP contribution in [0.4, 0.5) is 0 Å². The number of hydrogen-bond donors (Lipinski definition) is 1. The number of aliphatic carboxylic acids is 1. The Labute approximate surface area is 128 Å². The van der Waals surface area contributed by atoms with Crippen molar-refractivity contribution < 1.29 is 14.7 Å². The molecule has 5 nitrogen and oxygen atoms in total. The number of aryl methyl sites for hydroxylation is 1. The van der Waals surface area contributed by atoms with Crippen LogP contribution in [0.5, 0.6) is 0 Å². The number of nitrogens with zero attached hydrogens (tertiary/aromatic N) is 2. The number of carbonyl (C=O) groups excluding carboxylic acids is 1. The van der Waals surface area contributed by atoms with Gasteiger partial charge in [0.2, 0.25) is 0 Å². The Balaban J connectivity index is 2.38. The van der Waals surface area contributed by atoms with Crippen LogP contribution in [0.1, 0.15) is 48.7 Å². The Bertz CT molecular complexity index is 556. The van der Waals surface area contributed by atoms with Gasteiger partial charge in [-0.25, -0.2) is 9.78 Å². The van der Waals surface area contributed by atoms with Crippen LogP contribution in [-0.2, 0) is 4.79 Å². The van der Waals surface area contributed by atoms with Gasteiger partial charge in [-0.15, -0.1) is 0 Å². The molecule has 0 saturated carbocycles. The van der Waals surface area contributed by atoms with E-state index in [9.17, 15) is 14.7 Å². The molecule has 0 bridgehead atoms. The predicted molar refractivity (Wildman–Crippen MR) is 79.5 cm³/mol. The lowest BCUT2D eigenvalue weighted by Gasteiger charge is -2.34. The van der Waals surface area contributed by atoms with E-state index in [1.165, 1.54) is 11.0 Å². The quantitative estimate of drug-likeness (QED) is 0.868. The van der Waals surface area contributed by atoms with E-state index in [2.05, 4.69) is 4.98 Å². The zero-order chi connectivity index (χ0) is 15.6. The fraction of sp³-hybridized carbons (Fsp3) is 0.533. The molecule has 21 heavy (non-hydrogen) atoms. The third-order valence-electron chi connectivity index (χ3n) is 3.96. The molecule has 1 fully saturated rings. The molecule has 1 aromatic heterocycles. The topological polar surface area (TPSA) is 70.5 Å². The molecule has 2 rings (SSSR count). The van der Waals surface area contributed by atoms with Gasteiger partial charge in [0, 0.05) is 17.8 Å². The summed E-state index contributed by atoms with van der Waals surface area (Å²) in [7, 11) is 0. The highest BCUT2D eigenvalue weighted by Gasteiger charge is 2.49. The second-order valence-electron chi connectivity index (χ2n) is 5.47. The van der Waals surface area contributed by atoms with Gasteiger partial charge in [-0.3, -0.25) is 4.79 Å². The standard InChI is InChI=1S/C15H19ClN2O3/c1-3-5-15(14(20)21)6-4-7-18(15)13(19)11-8-10(2)17-12(16)9-11/h8-9H,3-7H2,1-2H3,(H,20,21). The Kier molecular flexibility index (Phi) is 4.52. The number of carboxylic acids is 1. The second-order valence-corrected chi connectivity index (χ2v) is 5.85. The Morgan fingerprint density at radius 2 is 2.19 bits per heavy atom. The van der Waals surface area contributed by atoms with Crippen molar-refractivity contribution in [2.75, 3.05) is 6.54 Å². The first kappa shape index (κ1) is 15.8. The average molecular weight is 311 g/mol. The third-order valence-corrected chi connectivity index (χ3v) is 4.16. The van der Waals surface area contributed by atoms with Gasteiger partial charge in [-0.05, 0) is 38.3 Å². The number of likely N-dealkylation sites (tertiary alicyclic amines) is 1. The molecule has 0 aromatic carbocycles. The van der Waals surface area contributed by atoms with Crippen molar-refractivity contribution in [3.63, 3.8) is 0 Å². The SMILES string of the molecule is CCCC1(C(=O)O)CCCN1C(=O)c1cc(C)nc(Cl)c1. The van der Waals surface area contributed by atoms with Gasteiger partial charge in [0.25, 0.3) is 5.91 Å². The molecule has 2 heterocycles. The first-order valence-corrected chi connectivity index (χ1v) is 7.48. The summed E-state index contributed by atoms with van der Waals surface area (Å²) >= 11 is 5.90. The molecule has 1 N–H and O–H groups in total. The summed E-state index contributed by atoms with van der Waals surface area (Å²) in [5.74, 6) is -1.21. The van der Waals surface area contributed by atoms with Crippen LogP contribution in [0.25, 0.3) is 0 Å². The molecule has 0 spiro atoms. The van der Waals surface area contributed by atoms with E-state index in [-0.39, 0.29) is 11.1 Å². The molecule has 1 atom stereocenters. The molecular weight excluding hydrogens is 292 g/mol. The number of carboxylic acid groups (broad SMARTS) is 1. The molecule has 1 amide bonds. The van der Waals surface area contributed by atoms with Crippen molar-refractivity contribution in [1.82, 2.24) is 9.88 Å². The van der Waals surface area contributed by atoms with Crippen LogP contribution in [0.2, 0.25) is 5.15 Å². The van der Waals surface area contributed by atoms with Gasteiger partial charge in [-0.2, -0.15) is 0 Å². The van der Waals surface area contributed by atoms with Crippen molar-refractivity contribution in [2.24, 2.45) is 0 Å². The number of carbonyl (C=O) groups is 2. The number of pyridine rings is 1. The van der Waals surface area contributed by atoms with Crippen LogP contribution in [-0.4, -0.2) is 39.0 Å². The van der Waals surface area contributed by atoms with Gasteiger partial charge >= 0.3 is 5.97 Å². The van der Waals surface area contributed by atoms with Gasteiger partial charge in [-0.1, -0.05) is 24.9 Å². The maximum absolute atomic E-state index is 12.7. The molecule has 0 aliphatic carbocycles. The maximum Gasteiger partial charge on any atom is 0.329 e. The normalized spacial score (nSPS) is 21.6. The molecule has 6 heteroatoms. The molecule has 1 aliphatic heterocycles. The first-order valence-electron chi connectivity index (χ1n) is 7.10. The molecule has 1 aromatic rings. The van der Waals surface area contributed by atoms with E-state index in [1.807, 2.05) is 6.92 Å². The van der Waals surface area contributed by atoms with Crippen molar-refractivity contribution in [2.45, 2.75) is 45.1 Å². The average Bonchev–Trinajstić information content (AvgIpc) is 2.82. The van der Waals surface area contributed by atoms with Gasteiger partial charge in [0.05, 0.1) is 0 Å². The minimum absolute atomic E-state index is 0.244. The van der Waals surface area contributed by atoms with Crippen LogP contribution >= 0.6 is 11.6 Å². The number of halogens is 1. The minimum Gasteiger partial charge on any atom is -0.479 e. The van der Waals surface area contributed by atoms with Gasteiger partial charge < -0.3 is 10.0 Å². The van der Waals surface area contributed by atoms with E-state index in [0.29, 0.717) is 43.5 Å². The van der Waals surface area contributed by atoms with Crippen molar-refractivity contribution in [1.29, 1.82) is 0 Å². The monoisotopic (exact) mass is 310 g/mol. The number of aromatic nitrogens is 1. The Morgan fingerprint density at radius 1 is 1.48 bits per heavy atom. The summed E-state index contributed by atoms with van der Waals surface area (Å²) in [6, 6.07) is 3.14. The fourth-order valence-corrected chi connectivity index (χ4v) is 3.34. The van der Waals surface area contributed by atoms with Crippen LogP contribution in [0.15, 0.2) is 12.1 Å². The van der Waals surface area contributed by atoms with Crippen molar-refractivity contribution in [3.05, 3.63) is 28.5 Å².